The Morgan fingerprint density at radius 3 is 2.26 bits per heavy atom. The summed E-state index contributed by atoms with van der Waals surface area (Å²) in [6.45, 7) is 4.65. The zero-order valence-corrected chi connectivity index (χ0v) is 15.0. The molecule has 134 valence electrons. The molecule has 0 bridgehead atoms. The number of carbonyl (C=O) groups is 2. The molecule has 0 aromatic carbocycles. The van der Waals surface area contributed by atoms with E-state index in [1.54, 1.807) is 0 Å². The number of methoxy groups -OCH3 is 1. The molecular weight excluding hydrogens is 323 g/mol. The maximum Gasteiger partial charge on any atom is 0.347 e. The predicted octanol–water partition coefficient (Wildman–Crippen LogP) is 2.92. The highest BCUT2D eigenvalue weighted by Crippen LogP contribution is 2.51. The number of carbonyl (C=O) groups excluding carboxylic acids is 2. The lowest BCUT2D eigenvalue weighted by atomic mass is 10.1. The maximum absolute atomic E-state index is 12.8. The van der Waals surface area contributed by atoms with Crippen molar-refractivity contribution in [1.29, 1.82) is 0 Å². The Morgan fingerprint density at radius 2 is 1.78 bits per heavy atom. The Labute approximate surface area is 137 Å². The van der Waals surface area contributed by atoms with Crippen LogP contribution in [-0.2, 0) is 32.7 Å². The molecule has 0 unspecified atom stereocenters. The largest absolute Gasteiger partial charge is 0.466 e. The van der Waals surface area contributed by atoms with Crippen LogP contribution in [0, 0.1) is 5.92 Å². The number of rotatable bonds is 11. The summed E-state index contributed by atoms with van der Waals surface area (Å²) in [6.07, 6.45) is 2.49. The molecule has 0 aliphatic carbocycles. The van der Waals surface area contributed by atoms with Gasteiger partial charge in [0.2, 0.25) is 0 Å². The SMILES string of the molecule is CCCCOP(=O)(C[C@@H]1C[C@@H](C(=O)OC)OC1=O)OCCCC. The van der Waals surface area contributed by atoms with Crippen LogP contribution in [0.1, 0.15) is 46.0 Å². The second-order valence-electron chi connectivity index (χ2n) is 5.55. The fourth-order valence-corrected chi connectivity index (χ4v) is 4.11. The zero-order chi connectivity index (χ0) is 17.3. The van der Waals surface area contributed by atoms with Crippen LogP contribution in [0.4, 0.5) is 0 Å². The van der Waals surface area contributed by atoms with Crippen LogP contribution >= 0.6 is 7.60 Å². The van der Waals surface area contributed by atoms with Gasteiger partial charge in [-0.15, -0.1) is 0 Å². The standard InChI is InChI=1S/C15H27O7P/c1-4-6-8-20-23(18,21-9-7-5-2)11-12-10-13(15(17)19-3)22-14(12)16/h12-13H,4-11H2,1-3H3/t12-,13-/m0/s1. The Balaban J connectivity index is 2.65. The van der Waals surface area contributed by atoms with E-state index in [1.165, 1.54) is 7.11 Å². The van der Waals surface area contributed by atoms with Gasteiger partial charge in [0, 0.05) is 6.42 Å². The molecule has 0 N–H and O–H groups in total. The molecule has 0 aromatic heterocycles. The van der Waals surface area contributed by atoms with E-state index in [4.69, 9.17) is 13.8 Å². The van der Waals surface area contributed by atoms with Crippen LogP contribution in [0.3, 0.4) is 0 Å². The van der Waals surface area contributed by atoms with Gasteiger partial charge in [-0.05, 0) is 12.8 Å². The summed E-state index contributed by atoms with van der Waals surface area (Å²) in [4.78, 5) is 23.3. The molecule has 1 heterocycles. The molecule has 1 aliphatic rings. The van der Waals surface area contributed by atoms with E-state index in [9.17, 15) is 14.2 Å². The van der Waals surface area contributed by atoms with Crippen LogP contribution in [0.15, 0.2) is 0 Å². The van der Waals surface area contributed by atoms with Crippen molar-refractivity contribution in [3.05, 3.63) is 0 Å². The van der Waals surface area contributed by atoms with Gasteiger partial charge in [-0.25, -0.2) is 4.79 Å². The summed E-state index contributed by atoms with van der Waals surface area (Å²) < 4.78 is 33.3. The fourth-order valence-electron chi connectivity index (χ4n) is 2.17. The Bertz CT molecular complexity index is 424. The normalized spacial score (nSPS) is 21.3. The second-order valence-corrected chi connectivity index (χ2v) is 7.65. The number of ether oxygens (including phenoxy) is 2. The molecule has 0 saturated carbocycles. The van der Waals surface area contributed by atoms with E-state index in [1.807, 2.05) is 13.8 Å². The van der Waals surface area contributed by atoms with Gasteiger partial charge in [0.25, 0.3) is 0 Å². The van der Waals surface area contributed by atoms with Gasteiger partial charge in [0.05, 0.1) is 32.4 Å². The number of hydrogen-bond donors (Lipinski definition) is 0. The molecule has 0 radical (unpaired) electrons. The van der Waals surface area contributed by atoms with Crippen molar-refractivity contribution in [1.82, 2.24) is 0 Å². The summed E-state index contributed by atoms with van der Waals surface area (Å²) in [5.41, 5.74) is 0. The summed E-state index contributed by atoms with van der Waals surface area (Å²) in [5, 5.41) is 0. The van der Waals surface area contributed by atoms with Crippen molar-refractivity contribution < 1.29 is 32.7 Å². The minimum atomic E-state index is -3.38. The molecule has 8 heteroatoms. The molecule has 1 saturated heterocycles. The highest BCUT2D eigenvalue weighted by atomic mass is 31.2. The highest BCUT2D eigenvalue weighted by Gasteiger charge is 2.43. The van der Waals surface area contributed by atoms with Crippen LogP contribution in [0.2, 0.25) is 0 Å². The van der Waals surface area contributed by atoms with Gasteiger partial charge in [-0.2, -0.15) is 0 Å². The average Bonchev–Trinajstić information content (AvgIpc) is 2.88. The lowest BCUT2D eigenvalue weighted by Gasteiger charge is -2.20. The highest BCUT2D eigenvalue weighted by molar-refractivity contribution is 7.53. The van der Waals surface area contributed by atoms with Crippen molar-refractivity contribution >= 4 is 19.5 Å². The molecule has 1 fully saturated rings. The average molecular weight is 350 g/mol. The first-order valence-corrected chi connectivity index (χ1v) is 9.85. The van der Waals surface area contributed by atoms with E-state index < -0.39 is 31.6 Å². The number of cyclic esters (lactones) is 1. The number of esters is 2. The molecule has 1 aliphatic heterocycles. The van der Waals surface area contributed by atoms with Crippen LogP contribution in [0.5, 0.6) is 0 Å². The monoisotopic (exact) mass is 350 g/mol. The van der Waals surface area contributed by atoms with Crippen molar-refractivity contribution in [3.8, 4) is 0 Å². The first-order valence-electron chi connectivity index (χ1n) is 8.12. The van der Waals surface area contributed by atoms with Gasteiger partial charge in [-0.3, -0.25) is 9.36 Å². The molecule has 0 aromatic rings. The fraction of sp³-hybridized carbons (Fsp3) is 0.867. The van der Waals surface area contributed by atoms with Crippen molar-refractivity contribution in [3.63, 3.8) is 0 Å². The molecular formula is C15H27O7P. The third-order valence-corrected chi connectivity index (χ3v) is 5.61. The summed E-state index contributed by atoms with van der Waals surface area (Å²) >= 11 is 0. The Kier molecular flexibility index (Phi) is 8.81. The molecule has 2 atom stereocenters. The van der Waals surface area contributed by atoms with Crippen LogP contribution < -0.4 is 0 Å². The van der Waals surface area contributed by atoms with Gasteiger partial charge < -0.3 is 18.5 Å². The smallest absolute Gasteiger partial charge is 0.347 e. The summed E-state index contributed by atoms with van der Waals surface area (Å²) in [6, 6.07) is 0. The second kappa shape index (κ2) is 10.1. The van der Waals surface area contributed by atoms with E-state index >= 15 is 0 Å². The Hall–Kier alpha value is -0.910. The molecule has 0 amide bonds. The molecule has 0 spiro atoms. The Morgan fingerprint density at radius 1 is 1.22 bits per heavy atom. The van der Waals surface area contributed by atoms with E-state index in [0.717, 1.165) is 25.7 Å². The first-order chi connectivity index (χ1) is 11.0. The van der Waals surface area contributed by atoms with Gasteiger partial charge in [0.15, 0.2) is 6.10 Å². The van der Waals surface area contributed by atoms with E-state index in [2.05, 4.69) is 4.74 Å². The predicted molar refractivity (Wildman–Crippen MR) is 84.2 cm³/mol. The minimum Gasteiger partial charge on any atom is -0.466 e. The van der Waals surface area contributed by atoms with Crippen LogP contribution in [-0.4, -0.2) is 44.5 Å². The van der Waals surface area contributed by atoms with Crippen molar-refractivity contribution in [2.75, 3.05) is 26.5 Å². The van der Waals surface area contributed by atoms with Gasteiger partial charge in [0.1, 0.15) is 0 Å². The minimum absolute atomic E-state index is 0.0627. The molecule has 23 heavy (non-hydrogen) atoms. The third kappa shape index (κ3) is 6.61. The first kappa shape index (κ1) is 20.1. The zero-order valence-electron chi connectivity index (χ0n) is 14.1. The lowest BCUT2D eigenvalue weighted by Crippen LogP contribution is -2.21. The summed E-state index contributed by atoms with van der Waals surface area (Å²) in [5.74, 6) is -1.83. The van der Waals surface area contributed by atoms with Gasteiger partial charge >= 0.3 is 19.5 Å². The van der Waals surface area contributed by atoms with Gasteiger partial charge in [-0.1, -0.05) is 26.7 Å². The quantitative estimate of drug-likeness (QED) is 0.321. The molecule has 1 rings (SSSR count). The number of hydrogen-bond acceptors (Lipinski definition) is 7. The van der Waals surface area contributed by atoms with Crippen LogP contribution in [0.25, 0.3) is 0 Å². The van der Waals surface area contributed by atoms with E-state index in [0.29, 0.717) is 13.2 Å². The van der Waals surface area contributed by atoms with Crippen molar-refractivity contribution in [2.45, 2.75) is 52.1 Å². The molecule has 7 nitrogen and oxygen atoms in total. The number of unbranched alkanes of at least 4 members (excludes halogenated alkanes) is 2. The third-order valence-electron chi connectivity index (χ3n) is 3.57. The summed E-state index contributed by atoms with van der Waals surface area (Å²) in [7, 11) is -2.15. The maximum atomic E-state index is 12.8. The van der Waals surface area contributed by atoms with E-state index in [-0.39, 0.29) is 12.6 Å². The van der Waals surface area contributed by atoms with Crippen molar-refractivity contribution in [2.24, 2.45) is 5.92 Å². The topological polar surface area (TPSA) is 88.1 Å². The lowest BCUT2D eigenvalue weighted by molar-refractivity contribution is -0.159.